The van der Waals surface area contributed by atoms with Crippen molar-refractivity contribution in [1.82, 2.24) is 19.7 Å². The van der Waals surface area contributed by atoms with E-state index in [-0.39, 0.29) is 5.56 Å². The van der Waals surface area contributed by atoms with Crippen LogP contribution in [0.25, 0.3) is 10.2 Å². The van der Waals surface area contributed by atoms with E-state index >= 15 is 0 Å². The van der Waals surface area contributed by atoms with Crippen LogP contribution in [-0.4, -0.2) is 45.9 Å². The zero-order valence-corrected chi connectivity index (χ0v) is 13.5. The summed E-state index contributed by atoms with van der Waals surface area (Å²) in [5.74, 6) is 0.998. The normalized spacial score (nSPS) is 15.3. The van der Waals surface area contributed by atoms with Crippen LogP contribution < -0.4 is 15.4 Å². The van der Waals surface area contributed by atoms with Gasteiger partial charge < -0.3 is 9.80 Å². The van der Waals surface area contributed by atoms with Crippen LogP contribution in [0.1, 0.15) is 0 Å². The molecule has 0 unspecified atom stereocenters. The average molecular weight is 328 g/mol. The summed E-state index contributed by atoms with van der Waals surface area (Å²) in [4.78, 5) is 26.0. The van der Waals surface area contributed by atoms with Crippen molar-refractivity contribution in [3.63, 3.8) is 0 Å². The molecule has 3 aromatic rings. The van der Waals surface area contributed by atoms with E-state index in [0.29, 0.717) is 0 Å². The van der Waals surface area contributed by atoms with Gasteiger partial charge in [-0.05, 0) is 11.4 Å². The van der Waals surface area contributed by atoms with Gasteiger partial charge in [-0.15, -0.1) is 11.3 Å². The Hall–Kier alpha value is -2.48. The summed E-state index contributed by atoms with van der Waals surface area (Å²) in [6.45, 7) is 3.39. The number of anilines is 2. The number of hydrogen-bond acceptors (Lipinski definition) is 7. The first kappa shape index (κ1) is 14.1. The summed E-state index contributed by atoms with van der Waals surface area (Å²) < 4.78 is 1.34. The number of thiophene rings is 1. The van der Waals surface area contributed by atoms with Gasteiger partial charge in [-0.2, -0.15) is 5.10 Å². The number of rotatable bonds is 2. The molecule has 0 bridgehead atoms. The maximum absolute atomic E-state index is 11.7. The third-order valence-electron chi connectivity index (χ3n) is 4.14. The summed E-state index contributed by atoms with van der Waals surface area (Å²) in [5, 5.41) is 7.25. The predicted octanol–water partition coefficient (Wildman–Crippen LogP) is 1.11. The van der Waals surface area contributed by atoms with Gasteiger partial charge in [-0.3, -0.25) is 4.79 Å². The van der Waals surface area contributed by atoms with Gasteiger partial charge in [0.1, 0.15) is 17.0 Å². The SMILES string of the molecule is Cn1ncc(N2CCN(c3ncnc4sccc34)CC2)cc1=O. The fourth-order valence-electron chi connectivity index (χ4n) is 2.84. The molecule has 1 aliphatic heterocycles. The van der Waals surface area contributed by atoms with Gasteiger partial charge in [0.25, 0.3) is 5.56 Å². The number of aromatic nitrogens is 4. The molecule has 0 radical (unpaired) electrons. The standard InChI is InChI=1S/C15H16N6OS/c1-19-13(22)8-11(9-18-19)20-3-5-21(6-4-20)14-12-2-7-23-15(12)17-10-16-14/h2,7-10H,3-6H2,1H3. The Morgan fingerprint density at radius 2 is 1.91 bits per heavy atom. The molecule has 1 fully saturated rings. The van der Waals surface area contributed by atoms with Gasteiger partial charge in [0, 0.05) is 39.3 Å². The van der Waals surface area contributed by atoms with Crippen LogP contribution in [0, 0.1) is 0 Å². The van der Waals surface area contributed by atoms with Crippen molar-refractivity contribution in [3.05, 3.63) is 40.4 Å². The highest BCUT2D eigenvalue weighted by atomic mass is 32.1. The van der Waals surface area contributed by atoms with Crippen molar-refractivity contribution in [1.29, 1.82) is 0 Å². The van der Waals surface area contributed by atoms with Crippen molar-refractivity contribution in [2.75, 3.05) is 36.0 Å². The Morgan fingerprint density at radius 3 is 2.70 bits per heavy atom. The number of piperazine rings is 1. The summed E-state index contributed by atoms with van der Waals surface area (Å²) in [5.41, 5.74) is 0.803. The maximum Gasteiger partial charge on any atom is 0.268 e. The molecule has 4 rings (SSSR count). The summed E-state index contributed by atoms with van der Waals surface area (Å²) >= 11 is 1.63. The molecule has 7 nitrogen and oxygen atoms in total. The van der Waals surface area contributed by atoms with E-state index in [2.05, 4.69) is 30.9 Å². The molecule has 8 heteroatoms. The number of fused-ring (bicyclic) bond motifs is 1. The molecule has 1 aliphatic rings. The lowest BCUT2D eigenvalue weighted by Gasteiger charge is -2.36. The molecular formula is C15H16N6OS. The molecule has 118 valence electrons. The lowest BCUT2D eigenvalue weighted by atomic mass is 10.2. The smallest absolute Gasteiger partial charge is 0.268 e. The molecule has 23 heavy (non-hydrogen) atoms. The van der Waals surface area contributed by atoms with Gasteiger partial charge in [0.15, 0.2) is 0 Å². The number of nitrogens with zero attached hydrogens (tertiary/aromatic N) is 6. The molecule has 0 N–H and O–H groups in total. The van der Waals surface area contributed by atoms with Crippen molar-refractivity contribution in [3.8, 4) is 0 Å². The van der Waals surface area contributed by atoms with Crippen LogP contribution >= 0.6 is 11.3 Å². The highest BCUT2D eigenvalue weighted by Gasteiger charge is 2.21. The molecule has 4 heterocycles. The van der Waals surface area contributed by atoms with Gasteiger partial charge in [-0.25, -0.2) is 14.6 Å². The second kappa shape index (κ2) is 5.62. The lowest BCUT2D eigenvalue weighted by Crippen LogP contribution is -2.47. The largest absolute Gasteiger partial charge is 0.367 e. The first-order valence-electron chi connectivity index (χ1n) is 7.44. The summed E-state index contributed by atoms with van der Waals surface area (Å²) in [6, 6.07) is 3.72. The molecule has 3 aromatic heterocycles. The first-order chi connectivity index (χ1) is 11.2. The topological polar surface area (TPSA) is 67.2 Å². The Bertz CT molecular complexity index is 896. The molecule has 0 atom stereocenters. The van der Waals surface area contributed by atoms with Crippen molar-refractivity contribution in [2.24, 2.45) is 7.05 Å². The lowest BCUT2D eigenvalue weighted by molar-refractivity contribution is 0.639. The Morgan fingerprint density at radius 1 is 1.13 bits per heavy atom. The Balaban J connectivity index is 1.54. The first-order valence-corrected chi connectivity index (χ1v) is 8.32. The molecule has 0 amide bonds. The van der Waals surface area contributed by atoms with Crippen molar-refractivity contribution >= 4 is 33.1 Å². The van der Waals surface area contributed by atoms with Crippen molar-refractivity contribution < 1.29 is 0 Å². The minimum atomic E-state index is -0.0827. The maximum atomic E-state index is 11.7. The zero-order valence-electron chi connectivity index (χ0n) is 12.7. The second-order valence-corrected chi connectivity index (χ2v) is 6.38. The molecule has 0 aliphatic carbocycles. The summed E-state index contributed by atoms with van der Waals surface area (Å²) in [6.07, 6.45) is 3.38. The zero-order chi connectivity index (χ0) is 15.8. The van der Waals surface area contributed by atoms with Gasteiger partial charge in [0.2, 0.25) is 0 Å². The van der Waals surface area contributed by atoms with Crippen LogP contribution in [-0.2, 0) is 7.05 Å². The van der Waals surface area contributed by atoms with E-state index in [1.54, 1.807) is 37.0 Å². The quantitative estimate of drug-likeness (QED) is 0.702. The van der Waals surface area contributed by atoms with E-state index in [4.69, 9.17) is 0 Å². The van der Waals surface area contributed by atoms with Crippen LogP contribution in [0.2, 0.25) is 0 Å². The van der Waals surface area contributed by atoms with Gasteiger partial charge in [-0.1, -0.05) is 0 Å². The van der Waals surface area contributed by atoms with Crippen LogP contribution in [0.3, 0.4) is 0 Å². The van der Waals surface area contributed by atoms with E-state index in [1.807, 2.05) is 5.38 Å². The minimum Gasteiger partial charge on any atom is -0.367 e. The minimum absolute atomic E-state index is 0.0827. The monoisotopic (exact) mass is 328 g/mol. The highest BCUT2D eigenvalue weighted by molar-refractivity contribution is 7.16. The predicted molar refractivity (Wildman–Crippen MR) is 91.3 cm³/mol. The van der Waals surface area contributed by atoms with Crippen LogP contribution in [0.15, 0.2) is 34.8 Å². The molecule has 1 saturated heterocycles. The van der Waals surface area contributed by atoms with Crippen LogP contribution in [0.4, 0.5) is 11.5 Å². The van der Waals surface area contributed by atoms with E-state index in [9.17, 15) is 4.79 Å². The summed E-state index contributed by atoms with van der Waals surface area (Å²) in [7, 11) is 1.66. The molecule has 0 spiro atoms. The highest BCUT2D eigenvalue weighted by Crippen LogP contribution is 2.27. The van der Waals surface area contributed by atoms with E-state index in [0.717, 1.165) is 47.9 Å². The molecular weight excluding hydrogens is 312 g/mol. The number of aryl methyl sites for hydroxylation is 1. The van der Waals surface area contributed by atoms with E-state index in [1.165, 1.54) is 4.68 Å². The van der Waals surface area contributed by atoms with Gasteiger partial charge >= 0.3 is 0 Å². The van der Waals surface area contributed by atoms with Crippen molar-refractivity contribution in [2.45, 2.75) is 0 Å². The van der Waals surface area contributed by atoms with Gasteiger partial charge in [0.05, 0.1) is 17.3 Å². The van der Waals surface area contributed by atoms with E-state index < -0.39 is 0 Å². The second-order valence-electron chi connectivity index (χ2n) is 5.49. The number of hydrogen-bond donors (Lipinski definition) is 0. The Kier molecular flexibility index (Phi) is 3.45. The molecule has 0 aromatic carbocycles. The Labute approximate surface area is 136 Å². The third kappa shape index (κ3) is 2.55. The third-order valence-corrected chi connectivity index (χ3v) is 4.96. The average Bonchev–Trinajstić information content (AvgIpc) is 3.06. The molecule has 0 saturated carbocycles. The van der Waals surface area contributed by atoms with Crippen LogP contribution in [0.5, 0.6) is 0 Å². The fraction of sp³-hybridized carbons (Fsp3) is 0.333. The fourth-order valence-corrected chi connectivity index (χ4v) is 3.57.